The summed E-state index contributed by atoms with van der Waals surface area (Å²) >= 11 is 1.68. The minimum absolute atomic E-state index is 0.0695. The summed E-state index contributed by atoms with van der Waals surface area (Å²) in [6, 6.07) is 4.26. The molecule has 0 N–H and O–H groups in total. The Morgan fingerprint density at radius 3 is 2.80 bits per heavy atom. The number of aromatic nitrogens is 1. The molecule has 0 aliphatic carbocycles. The van der Waals surface area contributed by atoms with E-state index in [1.807, 2.05) is 13.3 Å². The zero-order valence-electron chi connectivity index (χ0n) is 12.9. The number of pyridine rings is 1. The molecule has 1 aromatic heterocycles. The van der Waals surface area contributed by atoms with E-state index in [1.165, 1.54) is 5.69 Å². The maximum atomic E-state index is 5.88. The summed E-state index contributed by atoms with van der Waals surface area (Å²) in [6.07, 6.45) is 6.31. The maximum Gasteiger partial charge on any atom is 0.0979 e. The second kappa shape index (κ2) is 6.78. The molecule has 0 radical (unpaired) electrons. The molecular weight excluding hydrogens is 270 g/mol. The Labute approximate surface area is 126 Å². The number of anilines is 1. The number of methoxy groups -OCH3 is 1. The third-order valence-corrected chi connectivity index (χ3v) is 4.53. The average molecular weight is 295 g/mol. The highest BCUT2D eigenvalue weighted by Gasteiger charge is 2.36. The molecule has 4 nitrogen and oxygen atoms in total. The summed E-state index contributed by atoms with van der Waals surface area (Å²) in [5.41, 5.74) is 1.13. The van der Waals surface area contributed by atoms with Gasteiger partial charge in [0.1, 0.15) is 0 Å². The van der Waals surface area contributed by atoms with Crippen LogP contribution in [0.2, 0.25) is 0 Å². The van der Waals surface area contributed by atoms with E-state index in [9.17, 15) is 0 Å². The zero-order chi connectivity index (χ0) is 14.6. The summed E-state index contributed by atoms with van der Waals surface area (Å²) in [6.45, 7) is 2.97. The maximum absolute atomic E-state index is 5.88. The lowest BCUT2D eigenvalue weighted by Gasteiger charge is -2.44. The fourth-order valence-electron chi connectivity index (χ4n) is 2.94. The quantitative estimate of drug-likeness (QED) is 0.778. The van der Waals surface area contributed by atoms with Crippen molar-refractivity contribution in [3.63, 3.8) is 0 Å². The van der Waals surface area contributed by atoms with Crippen molar-refractivity contribution in [3.8, 4) is 0 Å². The predicted octanol–water partition coefficient (Wildman–Crippen LogP) is 2.35. The van der Waals surface area contributed by atoms with Crippen LogP contribution in [0.4, 0.5) is 5.69 Å². The molecule has 0 saturated carbocycles. The van der Waals surface area contributed by atoms with E-state index in [4.69, 9.17) is 4.74 Å². The lowest BCUT2D eigenvalue weighted by atomic mass is 9.91. The summed E-state index contributed by atoms with van der Waals surface area (Å²) in [4.78, 5) is 9.08. The average Bonchev–Trinajstić information content (AvgIpc) is 2.47. The molecule has 1 aliphatic rings. The molecule has 20 heavy (non-hydrogen) atoms. The number of rotatable bonds is 5. The number of thioether (sulfide) groups is 1. The molecule has 112 valence electrons. The van der Waals surface area contributed by atoms with Gasteiger partial charge < -0.3 is 14.5 Å². The smallest absolute Gasteiger partial charge is 0.0979 e. The summed E-state index contributed by atoms with van der Waals surface area (Å²) < 4.78 is 5.88. The molecule has 0 aromatic carbocycles. The molecule has 0 spiro atoms. The lowest BCUT2D eigenvalue weighted by molar-refractivity contribution is -0.0372. The molecule has 0 amide bonds. The van der Waals surface area contributed by atoms with Crippen LogP contribution in [0.1, 0.15) is 12.8 Å². The van der Waals surface area contributed by atoms with E-state index in [2.05, 4.69) is 47.3 Å². The van der Waals surface area contributed by atoms with Crippen molar-refractivity contribution < 1.29 is 4.74 Å². The third-order valence-electron chi connectivity index (χ3n) is 3.87. The molecule has 1 fully saturated rings. The summed E-state index contributed by atoms with van der Waals surface area (Å²) in [5.74, 6) is 0. The molecule has 1 unspecified atom stereocenters. The number of likely N-dealkylation sites (N-methyl/N-ethyl adjacent to an activating group) is 1. The molecule has 2 heterocycles. The van der Waals surface area contributed by atoms with Gasteiger partial charge in [-0.15, -0.1) is 11.8 Å². The number of ether oxygens (including phenoxy) is 1. The van der Waals surface area contributed by atoms with Gasteiger partial charge in [-0.25, -0.2) is 4.98 Å². The van der Waals surface area contributed by atoms with E-state index in [-0.39, 0.29) is 5.60 Å². The minimum Gasteiger partial charge on any atom is -0.375 e. The first-order valence-corrected chi connectivity index (χ1v) is 8.26. The largest absolute Gasteiger partial charge is 0.375 e. The fraction of sp³-hybridized carbons (Fsp3) is 0.667. The van der Waals surface area contributed by atoms with Crippen LogP contribution in [0.25, 0.3) is 0 Å². The van der Waals surface area contributed by atoms with Gasteiger partial charge in [0.25, 0.3) is 0 Å². The number of nitrogens with zero attached hydrogens (tertiary/aromatic N) is 3. The Kier molecular flexibility index (Phi) is 5.29. The Morgan fingerprint density at radius 1 is 1.45 bits per heavy atom. The third kappa shape index (κ3) is 3.65. The molecular formula is C15H25N3OS. The van der Waals surface area contributed by atoms with Crippen LogP contribution in [-0.4, -0.2) is 62.6 Å². The van der Waals surface area contributed by atoms with E-state index >= 15 is 0 Å². The van der Waals surface area contributed by atoms with Gasteiger partial charge in [0.2, 0.25) is 0 Å². The topological polar surface area (TPSA) is 28.6 Å². The van der Waals surface area contributed by atoms with Crippen molar-refractivity contribution in [1.82, 2.24) is 9.88 Å². The van der Waals surface area contributed by atoms with E-state index in [0.717, 1.165) is 37.5 Å². The Hall–Kier alpha value is -0.780. The standard InChI is InChI=1S/C15H25N3OS/c1-17(2)11-15(19-3)8-5-9-18(12-15)13-6-7-14(20-4)16-10-13/h6-7,10H,5,8-9,11-12H2,1-4H3. The SMILES string of the molecule is COC1(CN(C)C)CCCN(c2ccc(SC)nc2)C1. The Balaban J connectivity index is 2.12. The molecule has 5 heteroatoms. The Bertz CT molecular complexity index is 424. The van der Waals surface area contributed by atoms with Crippen LogP contribution in [0.15, 0.2) is 23.4 Å². The molecule has 0 bridgehead atoms. The highest BCUT2D eigenvalue weighted by Crippen LogP contribution is 2.29. The highest BCUT2D eigenvalue weighted by atomic mass is 32.2. The fourth-order valence-corrected chi connectivity index (χ4v) is 3.30. The number of piperidine rings is 1. The van der Waals surface area contributed by atoms with Gasteiger partial charge >= 0.3 is 0 Å². The van der Waals surface area contributed by atoms with Crippen molar-refractivity contribution in [2.45, 2.75) is 23.5 Å². The van der Waals surface area contributed by atoms with Crippen molar-refractivity contribution >= 4 is 17.4 Å². The van der Waals surface area contributed by atoms with Crippen LogP contribution in [-0.2, 0) is 4.74 Å². The lowest BCUT2D eigenvalue weighted by Crippen LogP contribution is -2.54. The van der Waals surface area contributed by atoms with Gasteiger partial charge in [0.15, 0.2) is 0 Å². The Morgan fingerprint density at radius 2 is 2.25 bits per heavy atom. The zero-order valence-corrected chi connectivity index (χ0v) is 13.7. The molecule has 1 aromatic rings. The van der Waals surface area contributed by atoms with Crippen LogP contribution in [0.3, 0.4) is 0 Å². The van der Waals surface area contributed by atoms with Crippen LogP contribution >= 0.6 is 11.8 Å². The van der Waals surface area contributed by atoms with Crippen LogP contribution < -0.4 is 4.90 Å². The van der Waals surface area contributed by atoms with Crippen molar-refractivity contribution in [3.05, 3.63) is 18.3 Å². The van der Waals surface area contributed by atoms with Crippen molar-refractivity contribution in [2.75, 3.05) is 52.0 Å². The second-order valence-corrected chi connectivity index (χ2v) is 6.54. The minimum atomic E-state index is -0.0695. The summed E-state index contributed by atoms with van der Waals surface area (Å²) in [5, 5.41) is 1.07. The second-order valence-electron chi connectivity index (χ2n) is 5.71. The van der Waals surface area contributed by atoms with Crippen molar-refractivity contribution in [1.29, 1.82) is 0 Å². The van der Waals surface area contributed by atoms with Crippen LogP contribution in [0.5, 0.6) is 0 Å². The van der Waals surface area contributed by atoms with Crippen LogP contribution in [0, 0.1) is 0 Å². The van der Waals surface area contributed by atoms with Crippen molar-refractivity contribution in [2.24, 2.45) is 0 Å². The number of hydrogen-bond donors (Lipinski definition) is 0. The first kappa shape index (κ1) is 15.6. The van der Waals surface area contributed by atoms with Gasteiger partial charge in [-0.05, 0) is 45.3 Å². The van der Waals surface area contributed by atoms with Gasteiger partial charge in [-0.1, -0.05) is 0 Å². The van der Waals surface area contributed by atoms with Gasteiger partial charge in [-0.3, -0.25) is 0 Å². The van der Waals surface area contributed by atoms with Gasteiger partial charge in [0.05, 0.1) is 22.5 Å². The van der Waals surface area contributed by atoms with E-state index in [1.54, 1.807) is 11.8 Å². The highest BCUT2D eigenvalue weighted by molar-refractivity contribution is 7.98. The van der Waals surface area contributed by atoms with E-state index in [0.29, 0.717) is 0 Å². The van der Waals surface area contributed by atoms with E-state index < -0.39 is 0 Å². The number of hydrogen-bond acceptors (Lipinski definition) is 5. The molecule has 1 saturated heterocycles. The summed E-state index contributed by atoms with van der Waals surface area (Å²) in [7, 11) is 6.05. The molecule has 1 atom stereocenters. The first-order valence-electron chi connectivity index (χ1n) is 7.03. The molecule has 2 rings (SSSR count). The van der Waals surface area contributed by atoms with Gasteiger partial charge in [-0.2, -0.15) is 0 Å². The monoisotopic (exact) mass is 295 g/mol. The molecule has 1 aliphatic heterocycles. The van der Waals surface area contributed by atoms with Gasteiger partial charge in [0, 0.05) is 26.7 Å². The normalized spacial score (nSPS) is 23.4. The predicted molar refractivity (Wildman–Crippen MR) is 85.8 cm³/mol. The first-order chi connectivity index (χ1) is 9.58.